The topological polar surface area (TPSA) is 69.2 Å². The standard InChI is InChI=1S/C18H19NO3/c1-12-8-9-13(2)15(10-12)19-16(18(21)22)11-17(20)14-6-4-3-5-7-14/h3-10,16,19H,11H2,1-2H3,(H,21,22)/p-1. The molecule has 0 heterocycles. The summed E-state index contributed by atoms with van der Waals surface area (Å²) in [7, 11) is 0. The Bertz CT molecular complexity index is 680. The minimum absolute atomic E-state index is 0.153. The first-order chi connectivity index (χ1) is 10.5. The van der Waals surface area contributed by atoms with Crippen LogP contribution in [-0.2, 0) is 4.79 Å². The molecule has 22 heavy (non-hydrogen) atoms. The number of carbonyl (C=O) groups excluding carboxylic acids is 2. The van der Waals surface area contributed by atoms with Crippen LogP contribution in [-0.4, -0.2) is 17.8 Å². The van der Waals surface area contributed by atoms with Gasteiger partial charge in [-0.25, -0.2) is 0 Å². The Kier molecular flexibility index (Phi) is 4.94. The zero-order valence-corrected chi connectivity index (χ0v) is 12.6. The van der Waals surface area contributed by atoms with Crippen molar-refractivity contribution >= 4 is 17.4 Å². The van der Waals surface area contributed by atoms with Crippen molar-refractivity contribution in [3.63, 3.8) is 0 Å². The molecule has 0 fully saturated rings. The van der Waals surface area contributed by atoms with Gasteiger partial charge in [-0.05, 0) is 31.0 Å². The minimum Gasteiger partial charge on any atom is -0.548 e. The number of aryl methyl sites for hydroxylation is 2. The predicted octanol–water partition coefficient (Wildman–Crippen LogP) is 2.11. The van der Waals surface area contributed by atoms with Crippen LogP contribution < -0.4 is 10.4 Å². The van der Waals surface area contributed by atoms with E-state index in [1.165, 1.54) is 0 Å². The predicted molar refractivity (Wildman–Crippen MR) is 83.7 cm³/mol. The first-order valence-electron chi connectivity index (χ1n) is 7.10. The molecule has 0 aromatic heterocycles. The molecule has 114 valence electrons. The fraction of sp³-hybridized carbons (Fsp3) is 0.222. The second kappa shape index (κ2) is 6.89. The molecular formula is C18H18NO3-. The number of Topliss-reactive ketones (excluding diaryl/α,β-unsaturated/α-hetero) is 1. The van der Waals surface area contributed by atoms with Gasteiger partial charge in [0.1, 0.15) is 0 Å². The van der Waals surface area contributed by atoms with E-state index in [1.54, 1.807) is 30.3 Å². The average Bonchev–Trinajstić information content (AvgIpc) is 2.50. The monoisotopic (exact) mass is 296 g/mol. The third kappa shape index (κ3) is 3.95. The molecule has 2 rings (SSSR count). The van der Waals surface area contributed by atoms with E-state index >= 15 is 0 Å². The summed E-state index contributed by atoms with van der Waals surface area (Å²) in [6.45, 7) is 3.81. The van der Waals surface area contributed by atoms with E-state index in [4.69, 9.17) is 0 Å². The van der Waals surface area contributed by atoms with E-state index in [9.17, 15) is 14.7 Å². The normalized spacial score (nSPS) is 11.7. The van der Waals surface area contributed by atoms with Crippen LogP contribution in [0.15, 0.2) is 48.5 Å². The zero-order chi connectivity index (χ0) is 16.1. The maximum atomic E-state index is 12.2. The van der Waals surface area contributed by atoms with Gasteiger partial charge in [0.25, 0.3) is 0 Å². The number of anilines is 1. The smallest absolute Gasteiger partial charge is 0.165 e. The Balaban J connectivity index is 2.15. The zero-order valence-electron chi connectivity index (χ0n) is 12.6. The first kappa shape index (κ1) is 15.8. The third-order valence-corrected chi connectivity index (χ3v) is 3.49. The van der Waals surface area contributed by atoms with Crippen molar-refractivity contribution in [1.29, 1.82) is 0 Å². The van der Waals surface area contributed by atoms with Crippen molar-refractivity contribution in [2.75, 3.05) is 5.32 Å². The maximum Gasteiger partial charge on any atom is 0.165 e. The molecule has 1 unspecified atom stereocenters. The molecule has 2 aromatic rings. The molecule has 4 heteroatoms. The molecule has 0 aliphatic carbocycles. The first-order valence-corrected chi connectivity index (χ1v) is 7.10. The molecule has 1 atom stereocenters. The highest BCUT2D eigenvalue weighted by atomic mass is 16.4. The lowest BCUT2D eigenvalue weighted by Gasteiger charge is -2.22. The van der Waals surface area contributed by atoms with E-state index < -0.39 is 12.0 Å². The number of aliphatic carboxylic acids is 1. The van der Waals surface area contributed by atoms with Gasteiger partial charge in [0.2, 0.25) is 0 Å². The third-order valence-electron chi connectivity index (χ3n) is 3.49. The van der Waals surface area contributed by atoms with Crippen LogP contribution in [0, 0.1) is 13.8 Å². The number of carboxylic acid groups (broad SMARTS) is 1. The van der Waals surface area contributed by atoms with E-state index in [0.717, 1.165) is 11.1 Å². The number of rotatable bonds is 6. The summed E-state index contributed by atoms with van der Waals surface area (Å²) in [6, 6.07) is 13.3. The van der Waals surface area contributed by atoms with Crippen molar-refractivity contribution < 1.29 is 14.7 Å². The molecule has 0 spiro atoms. The highest BCUT2D eigenvalue weighted by molar-refractivity contribution is 5.99. The Morgan fingerprint density at radius 2 is 1.77 bits per heavy atom. The summed E-state index contributed by atoms with van der Waals surface area (Å²) in [5.41, 5.74) is 3.13. The van der Waals surface area contributed by atoms with Gasteiger partial charge in [0.15, 0.2) is 5.78 Å². The van der Waals surface area contributed by atoms with Crippen molar-refractivity contribution in [2.45, 2.75) is 26.3 Å². The number of hydrogen-bond donors (Lipinski definition) is 1. The second-order valence-corrected chi connectivity index (χ2v) is 5.33. The molecule has 0 radical (unpaired) electrons. The number of hydrogen-bond acceptors (Lipinski definition) is 4. The Hall–Kier alpha value is -2.62. The molecule has 0 aliphatic heterocycles. The lowest BCUT2D eigenvalue weighted by Crippen LogP contribution is -2.42. The van der Waals surface area contributed by atoms with Gasteiger partial charge >= 0.3 is 0 Å². The van der Waals surface area contributed by atoms with E-state index in [2.05, 4.69) is 5.32 Å². The van der Waals surface area contributed by atoms with Crippen LogP contribution in [0.2, 0.25) is 0 Å². The van der Waals surface area contributed by atoms with Gasteiger partial charge in [-0.15, -0.1) is 0 Å². The summed E-state index contributed by atoms with van der Waals surface area (Å²) in [5, 5.41) is 14.2. The molecule has 0 aliphatic rings. The molecule has 0 amide bonds. The van der Waals surface area contributed by atoms with Crippen LogP contribution in [0.4, 0.5) is 5.69 Å². The Labute approximate surface area is 129 Å². The molecule has 4 nitrogen and oxygen atoms in total. The van der Waals surface area contributed by atoms with Crippen molar-refractivity contribution in [3.05, 3.63) is 65.2 Å². The highest BCUT2D eigenvalue weighted by Crippen LogP contribution is 2.18. The van der Waals surface area contributed by atoms with Gasteiger partial charge in [0.05, 0.1) is 12.0 Å². The van der Waals surface area contributed by atoms with Crippen molar-refractivity contribution in [1.82, 2.24) is 0 Å². The number of nitrogens with one attached hydrogen (secondary N) is 1. The average molecular weight is 296 g/mol. The number of carboxylic acids is 1. The molecule has 0 saturated carbocycles. The van der Waals surface area contributed by atoms with Gasteiger partial charge in [-0.2, -0.15) is 0 Å². The van der Waals surface area contributed by atoms with Gasteiger partial charge < -0.3 is 15.2 Å². The summed E-state index contributed by atoms with van der Waals surface area (Å²) in [5.74, 6) is -1.52. The van der Waals surface area contributed by atoms with Gasteiger partial charge in [0, 0.05) is 17.7 Å². The number of benzene rings is 2. The Morgan fingerprint density at radius 3 is 2.41 bits per heavy atom. The van der Waals surface area contributed by atoms with Crippen molar-refractivity contribution in [3.8, 4) is 0 Å². The van der Waals surface area contributed by atoms with E-state index in [-0.39, 0.29) is 12.2 Å². The molecule has 0 bridgehead atoms. The van der Waals surface area contributed by atoms with E-state index in [1.807, 2.05) is 32.0 Å². The molecule has 2 aromatic carbocycles. The second-order valence-electron chi connectivity index (χ2n) is 5.33. The van der Waals surface area contributed by atoms with Gasteiger partial charge in [-0.3, -0.25) is 4.79 Å². The van der Waals surface area contributed by atoms with Crippen LogP contribution in [0.5, 0.6) is 0 Å². The van der Waals surface area contributed by atoms with Crippen LogP contribution >= 0.6 is 0 Å². The lowest BCUT2D eigenvalue weighted by atomic mass is 10.0. The van der Waals surface area contributed by atoms with Crippen molar-refractivity contribution in [2.24, 2.45) is 0 Å². The summed E-state index contributed by atoms with van der Waals surface area (Å²) < 4.78 is 0. The molecular weight excluding hydrogens is 278 g/mol. The van der Waals surface area contributed by atoms with Gasteiger partial charge in [-0.1, -0.05) is 42.5 Å². The molecule has 0 saturated heterocycles. The quantitative estimate of drug-likeness (QED) is 0.829. The molecule has 1 N–H and O–H groups in total. The fourth-order valence-electron chi connectivity index (χ4n) is 2.20. The lowest BCUT2D eigenvalue weighted by molar-refractivity contribution is -0.306. The Morgan fingerprint density at radius 1 is 1.09 bits per heavy atom. The van der Waals surface area contributed by atoms with Crippen LogP contribution in [0.25, 0.3) is 0 Å². The minimum atomic E-state index is -1.29. The fourth-order valence-corrected chi connectivity index (χ4v) is 2.20. The van der Waals surface area contributed by atoms with Crippen LogP contribution in [0.1, 0.15) is 27.9 Å². The summed E-state index contributed by atoms with van der Waals surface area (Å²) in [4.78, 5) is 23.5. The number of ketones is 1. The SMILES string of the molecule is Cc1ccc(C)c(NC(CC(=O)c2ccccc2)C(=O)[O-])c1. The largest absolute Gasteiger partial charge is 0.548 e. The maximum absolute atomic E-state index is 12.2. The number of carbonyl (C=O) groups is 2. The highest BCUT2D eigenvalue weighted by Gasteiger charge is 2.17. The summed E-state index contributed by atoms with van der Waals surface area (Å²) >= 11 is 0. The van der Waals surface area contributed by atoms with Crippen LogP contribution in [0.3, 0.4) is 0 Å². The summed E-state index contributed by atoms with van der Waals surface area (Å²) in [6.07, 6.45) is -0.153. The van der Waals surface area contributed by atoms with E-state index in [0.29, 0.717) is 11.3 Å².